The highest BCUT2D eigenvalue weighted by molar-refractivity contribution is 5.09. The third-order valence-electron chi connectivity index (χ3n) is 3.02. The molecule has 0 radical (unpaired) electrons. The zero-order chi connectivity index (χ0) is 9.26. The molecular weight excluding hydrogens is 160 g/mol. The molecule has 1 saturated heterocycles. The molecule has 70 valence electrons. The topological polar surface area (TPSA) is 8.32 Å². The minimum Gasteiger partial charge on any atom is -0.331 e. The van der Waals surface area contributed by atoms with Crippen molar-refractivity contribution in [2.75, 3.05) is 13.6 Å². The summed E-state index contributed by atoms with van der Waals surface area (Å²) in [6, 6.07) is 5.12. The molecule has 2 heteroatoms. The van der Waals surface area contributed by atoms with E-state index in [2.05, 4.69) is 43.2 Å². The zero-order valence-corrected chi connectivity index (χ0v) is 8.46. The quantitative estimate of drug-likeness (QED) is 0.573. The Balaban J connectivity index is 2.24. The van der Waals surface area contributed by atoms with Gasteiger partial charge in [-0.1, -0.05) is 0 Å². The van der Waals surface area contributed by atoms with E-state index in [1.165, 1.54) is 24.9 Å². The molecule has 2 atom stereocenters. The summed E-state index contributed by atoms with van der Waals surface area (Å²) in [5, 5.41) is 0. The van der Waals surface area contributed by atoms with Crippen molar-refractivity contribution in [3.8, 4) is 0 Å². The molecule has 0 aromatic carbocycles. The van der Waals surface area contributed by atoms with E-state index in [9.17, 15) is 0 Å². The van der Waals surface area contributed by atoms with Crippen LogP contribution < -0.4 is 9.47 Å². The number of hydrogen-bond donors (Lipinski definition) is 1. The average molecular weight is 178 g/mol. The van der Waals surface area contributed by atoms with E-state index in [0.717, 1.165) is 6.04 Å². The van der Waals surface area contributed by atoms with Crippen LogP contribution >= 0.6 is 0 Å². The Morgan fingerprint density at radius 2 is 2.38 bits per heavy atom. The van der Waals surface area contributed by atoms with Crippen LogP contribution in [0, 0.1) is 0 Å². The first-order valence-corrected chi connectivity index (χ1v) is 5.05. The van der Waals surface area contributed by atoms with Gasteiger partial charge in [0.1, 0.15) is 13.1 Å². The number of rotatable bonds is 1. The van der Waals surface area contributed by atoms with Crippen molar-refractivity contribution in [1.29, 1.82) is 0 Å². The molecule has 0 bridgehead atoms. The van der Waals surface area contributed by atoms with Gasteiger partial charge in [-0.3, -0.25) is 0 Å². The molecule has 1 aromatic rings. The van der Waals surface area contributed by atoms with Crippen molar-refractivity contribution in [2.45, 2.75) is 18.9 Å². The van der Waals surface area contributed by atoms with Gasteiger partial charge in [-0.2, -0.15) is 0 Å². The van der Waals surface area contributed by atoms with Gasteiger partial charge in [0.05, 0.1) is 19.2 Å². The molecule has 2 heterocycles. The fraction of sp³-hybridized carbons (Fsp3) is 0.545. The molecule has 1 aliphatic rings. The maximum absolute atomic E-state index is 2.30. The maximum Gasteiger partial charge on any atom is 0.177 e. The smallest absolute Gasteiger partial charge is 0.177 e. The minimum atomic E-state index is 0.729. The van der Waals surface area contributed by atoms with Gasteiger partial charge in [-0.15, -0.1) is 0 Å². The molecule has 1 fully saturated rings. The van der Waals surface area contributed by atoms with Crippen molar-refractivity contribution in [3.63, 3.8) is 0 Å². The number of nitrogens with one attached hydrogen (secondary N) is 1. The van der Waals surface area contributed by atoms with Gasteiger partial charge >= 0.3 is 0 Å². The number of quaternary nitrogens is 1. The van der Waals surface area contributed by atoms with Crippen molar-refractivity contribution in [1.82, 2.24) is 0 Å². The molecular formula is C11H18N2+2. The lowest BCUT2D eigenvalue weighted by Crippen LogP contribution is -3.07. The van der Waals surface area contributed by atoms with Crippen LogP contribution in [0.5, 0.6) is 0 Å². The van der Waals surface area contributed by atoms with Crippen LogP contribution in [0.3, 0.4) is 0 Å². The summed E-state index contributed by atoms with van der Waals surface area (Å²) >= 11 is 0. The van der Waals surface area contributed by atoms with Crippen molar-refractivity contribution in [2.24, 2.45) is 7.05 Å². The van der Waals surface area contributed by atoms with E-state index >= 15 is 0 Å². The SMILES string of the molecule is C[n+]1cccc([C@H]2CCC[NH+]2C)c1. The minimum absolute atomic E-state index is 0.729. The van der Waals surface area contributed by atoms with Crippen LogP contribution in [-0.2, 0) is 7.05 Å². The predicted octanol–water partition coefficient (Wildman–Crippen LogP) is -0.139. The first-order valence-electron chi connectivity index (χ1n) is 5.05. The summed E-state index contributed by atoms with van der Waals surface area (Å²) in [5.41, 5.74) is 1.49. The van der Waals surface area contributed by atoms with Gasteiger partial charge in [0, 0.05) is 18.9 Å². The molecule has 2 nitrogen and oxygen atoms in total. The molecule has 0 amide bonds. The molecule has 1 N–H and O–H groups in total. The van der Waals surface area contributed by atoms with Crippen molar-refractivity contribution in [3.05, 3.63) is 30.1 Å². The lowest BCUT2D eigenvalue weighted by molar-refractivity contribution is -0.898. The van der Waals surface area contributed by atoms with Gasteiger partial charge in [0.25, 0.3) is 0 Å². The Bertz CT molecular complexity index is 296. The fourth-order valence-electron chi connectivity index (χ4n) is 2.27. The van der Waals surface area contributed by atoms with Crippen LogP contribution in [0.25, 0.3) is 0 Å². The molecule has 0 aliphatic carbocycles. The number of nitrogens with zero attached hydrogens (tertiary/aromatic N) is 1. The maximum atomic E-state index is 2.30. The zero-order valence-electron chi connectivity index (χ0n) is 8.46. The summed E-state index contributed by atoms with van der Waals surface area (Å²) < 4.78 is 2.14. The molecule has 1 unspecified atom stereocenters. The fourth-order valence-corrected chi connectivity index (χ4v) is 2.27. The first kappa shape index (κ1) is 8.70. The first-order chi connectivity index (χ1) is 6.27. The van der Waals surface area contributed by atoms with Crippen LogP contribution in [0.4, 0.5) is 0 Å². The molecule has 13 heavy (non-hydrogen) atoms. The largest absolute Gasteiger partial charge is 0.331 e. The summed E-state index contributed by atoms with van der Waals surface area (Å²) in [6.45, 7) is 1.32. The van der Waals surface area contributed by atoms with Crippen LogP contribution in [-0.4, -0.2) is 13.6 Å². The third-order valence-corrected chi connectivity index (χ3v) is 3.02. The van der Waals surface area contributed by atoms with E-state index in [1.54, 1.807) is 4.90 Å². The predicted molar refractivity (Wildman–Crippen MR) is 51.3 cm³/mol. The second-order valence-electron chi connectivity index (χ2n) is 4.09. The van der Waals surface area contributed by atoms with Gasteiger partial charge in [-0.05, 0) is 6.07 Å². The van der Waals surface area contributed by atoms with E-state index in [0.29, 0.717) is 0 Å². The Morgan fingerprint density at radius 1 is 1.54 bits per heavy atom. The number of likely N-dealkylation sites (tertiary alicyclic amines) is 1. The second-order valence-corrected chi connectivity index (χ2v) is 4.09. The normalized spacial score (nSPS) is 27.8. The number of hydrogen-bond acceptors (Lipinski definition) is 0. The lowest BCUT2D eigenvalue weighted by atomic mass is 10.1. The van der Waals surface area contributed by atoms with E-state index in [4.69, 9.17) is 0 Å². The van der Waals surface area contributed by atoms with E-state index in [1.807, 2.05) is 0 Å². The number of aromatic nitrogens is 1. The number of aryl methyl sites for hydroxylation is 1. The van der Waals surface area contributed by atoms with Crippen LogP contribution in [0.15, 0.2) is 24.5 Å². The monoisotopic (exact) mass is 178 g/mol. The van der Waals surface area contributed by atoms with Gasteiger partial charge < -0.3 is 4.90 Å². The van der Waals surface area contributed by atoms with Crippen LogP contribution in [0.2, 0.25) is 0 Å². The third kappa shape index (κ3) is 1.73. The second kappa shape index (κ2) is 3.46. The average Bonchev–Trinajstić information content (AvgIpc) is 2.51. The van der Waals surface area contributed by atoms with E-state index < -0.39 is 0 Å². The Labute approximate surface area is 79.8 Å². The molecule has 0 saturated carbocycles. The van der Waals surface area contributed by atoms with Crippen LogP contribution in [0.1, 0.15) is 24.4 Å². The van der Waals surface area contributed by atoms with E-state index in [-0.39, 0.29) is 0 Å². The summed E-state index contributed by atoms with van der Waals surface area (Å²) in [5.74, 6) is 0. The summed E-state index contributed by atoms with van der Waals surface area (Å²) in [7, 11) is 4.39. The Kier molecular flexibility index (Phi) is 2.32. The Hall–Kier alpha value is -0.890. The molecule has 2 rings (SSSR count). The standard InChI is InChI=1S/C11H17N2/c1-12-7-3-5-10(9-12)11-6-4-8-13(11)2/h3,5,7,9,11H,4,6,8H2,1-2H3/q+1/p+1/t11-/m1/s1. The Morgan fingerprint density at radius 3 is 3.00 bits per heavy atom. The summed E-state index contributed by atoms with van der Waals surface area (Å²) in [6.07, 6.45) is 7.05. The summed E-state index contributed by atoms with van der Waals surface area (Å²) in [4.78, 5) is 1.66. The lowest BCUT2D eigenvalue weighted by Gasteiger charge is -2.15. The van der Waals surface area contributed by atoms with Gasteiger partial charge in [-0.25, -0.2) is 4.57 Å². The van der Waals surface area contributed by atoms with Gasteiger partial charge in [0.2, 0.25) is 0 Å². The number of pyridine rings is 1. The highest BCUT2D eigenvalue weighted by Gasteiger charge is 2.27. The highest BCUT2D eigenvalue weighted by Crippen LogP contribution is 2.16. The van der Waals surface area contributed by atoms with Crippen molar-refractivity contribution >= 4 is 0 Å². The van der Waals surface area contributed by atoms with Crippen molar-refractivity contribution < 1.29 is 9.47 Å². The molecule has 0 spiro atoms. The molecule has 1 aromatic heterocycles. The molecule has 1 aliphatic heterocycles. The van der Waals surface area contributed by atoms with Gasteiger partial charge in [0.15, 0.2) is 12.4 Å². The highest BCUT2D eigenvalue weighted by atomic mass is 15.1.